The maximum absolute atomic E-state index is 5.47. The molecule has 0 aromatic carbocycles. The third-order valence-electron chi connectivity index (χ3n) is 3.16. The Morgan fingerprint density at radius 2 is 2.40 bits per heavy atom. The van der Waals surface area contributed by atoms with E-state index in [0.29, 0.717) is 6.04 Å². The minimum Gasteiger partial charge on any atom is -0.469 e. The van der Waals surface area contributed by atoms with Gasteiger partial charge in [-0.2, -0.15) is 0 Å². The summed E-state index contributed by atoms with van der Waals surface area (Å²) in [5.74, 6) is 1.98. The Morgan fingerprint density at radius 1 is 1.53 bits per heavy atom. The molecule has 0 bridgehead atoms. The molecule has 1 aliphatic carbocycles. The van der Waals surface area contributed by atoms with Crippen molar-refractivity contribution in [2.24, 2.45) is 5.92 Å². The van der Waals surface area contributed by atoms with Crippen LogP contribution in [0.25, 0.3) is 0 Å². The highest BCUT2D eigenvalue weighted by molar-refractivity contribution is 5.23. The van der Waals surface area contributed by atoms with Gasteiger partial charge in [-0.1, -0.05) is 13.8 Å². The molecule has 15 heavy (non-hydrogen) atoms. The van der Waals surface area contributed by atoms with Crippen LogP contribution in [0, 0.1) is 5.92 Å². The van der Waals surface area contributed by atoms with Gasteiger partial charge in [0.2, 0.25) is 0 Å². The average Bonchev–Trinajstić information content (AvgIpc) is 2.65. The van der Waals surface area contributed by atoms with Crippen LogP contribution in [0.5, 0.6) is 0 Å². The smallest absolute Gasteiger partial charge is 0.108 e. The predicted molar refractivity (Wildman–Crippen MR) is 61.8 cm³/mol. The highest BCUT2D eigenvalue weighted by Gasteiger charge is 2.21. The molecule has 0 amide bonds. The van der Waals surface area contributed by atoms with Crippen molar-refractivity contribution >= 4 is 0 Å². The van der Waals surface area contributed by atoms with E-state index in [1.54, 1.807) is 0 Å². The van der Waals surface area contributed by atoms with Crippen molar-refractivity contribution in [1.29, 1.82) is 0 Å². The van der Waals surface area contributed by atoms with Crippen LogP contribution >= 0.6 is 0 Å². The fraction of sp³-hybridized carbons (Fsp3) is 0.692. The molecule has 2 heteroatoms. The van der Waals surface area contributed by atoms with Gasteiger partial charge in [0.1, 0.15) is 5.76 Å². The summed E-state index contributed by atoms with van der Waals surface area (Å²) in [5, 5.41) is 3.64. The van der Waals surface area contributed by atoms with Crippen molar-refractivity contribution in [2.75, 3.05) is 6.54 Å². The second kappa shape index (κ2) is 4.84. The van der Waals surface area contributed by atoms with E-state index >= 15 is 0 Å². The third-order valence-corrected chi connectivity index (χ3v) is 3.16. The first-order valence-electron chi connectivity index (χ1n) is 6.07. The lowest BCUT2D eigenvalue weighted by atomic mass is 9.93. The largest absolute Gasteiger partial charge is 0.469 e. The lowest BCUT2D eigenvalue weighted by Gasteiger charge is -2.23. The van der Waals surface area contributed by atoms with Gasteiger partial charge in [-0.15, -0.1) is 0 Å². The molecule has 1 aliphatic rings. The number of hydrogen-bond acceptors (Lipinski definition) is 2. The first kappa shape index (κ1) is 10.7. The normalized spacial score (nSPS) is 20.6. The molecule has 1 aromatic heterocycles. The summed E-state index contributed by atoms with van der Waals surface area (Å²) in [6, 6.07) is 2.66. The molecule has 0 fully saturated rings. The van der Waals surface area contributed by atoms with Crippen molar-refractivity contribution in [2.45, 2.75) is 45.6 Å². The summed E-state index contributed by atoms with van der Waals surface area (Å²) in [6.45, 7) is 5.66. The predicted octanol–water partition coefficient (Wildman–Crippen LogP) is 3.29. The van der Waals surface area contributed by atoms with Crippen LogP contribution in [-0.4, -0.2) is 6.54 Å². The number of fused-ring (bicyclic) bond motifs is 1. The molecule has 0 saturated carbocycles. The molecule has 0 aliphatic heterocycles. The number of nitrogens with one attached hydrogen (secondary N) is 1. The van der Waals surface area contributed by atoms with Crippen LogP contribution in [-0.2, 0) is 6.42 Å². The van der Waals surface area contributed by atoms with Crippen molar-refractivity contribution < 1.29 is 4.42 Å². The Morgan fingerprint density at radius 3 is 3.20 bits per heavy atom. The number of aryl methyl sites for hydroxylation is 1. The zero-order valence-corrected chi connectivity index (χ0v) is 9.75. The SMILES string of the molecule is CC(C)CCNC1CCCc2occc21. The van der Waals surface area contributed by atoms with Crippen molar-refractivity contribution in [3.8, 4) is 0 Å². The summed E-state index contributed by atoms with van der Waals surface area (Å²) in [7, 11) is 0. The number of furan rings is 1. The van der Waals surface area contributed by atoms with Gasteiger partial charge < -0.3 is 9.73 Å². The van der Waals surface area contributed by atoms with Gasteiger partial charge in [0, 0.05) is 18.0 Å². The van der Waals surface area contributed by atoms with E-state index in [0.717, 1.165) is 18.9 Å². The van der Waals surface area contributed by atoms with Crippen LogP contribution in [0.1, 0.15) is 50.5 Å². The molecular formula is C13H21NO. The van der Waals surface area contributed by atoms with Gasteiger partial charge in [-0.3, -0.25) is 0 Å². The van der Waals surface area contributed by atoms with E-state index in [9.17, 15) is 0 Å². The Bertz CT molecular complexity index is 303. The second-order valence-corrected chi connectivity index (χ2v) is 4.88. The van der Waals surface area contributed by atoms with Gasteiger partial charge in [-0.25, -0.2) is 0 Å². The molecular weight excluding hydrogens is 186 g/mol. The maximum atomic E-state index is 5.47. The quantitative estimate of drug-likeness (QED) is 0.819. The maximum Gasteiger partial charge on any atom is 0.108 e. The standard InChI is InChI=1S/C13H21NO/c1-10(2)6-8-14-12-4-3-5-13-11(12)7-9-15-13/h7,9-10,12,14H,3-6,8H2,1-2H3. The topological polar surface area (TPSA) is 25.2 Å². The Balaban J connectivity index is 1.89. The lowest BCUT2D eigenvalue weighted by molar-refractivity contribution is 0.400. The monoisotopic (exact) mass is 207 g/mol. The number of rotatable bonds is 4. The fourth-order valence-electron chi connectivity index (χ4n) is 2.24. The van der Waals surface area contributed by atoms with Gasteiger partial charge >= 0.3 is 0 Å². The first-order chi connectivity index (χ1) is 7.27. The van der Waals surface area contributed by atoms with Gasteiger partial charge in [0.05, 0.1) is 6.26 Å². The molecule has 1 unspecified atom stereocenters. The Labute approximate surface area is 92.1 Å². The number of hydrogen-bond donors (Lipinski definition) is 1. The molecule has 1 heterocycles. The zero-order valence-electron chi connectivity index (χ0n) is 9.75. The fourth-order valence-corrected chi connectivity index (χ4v) is 2.24. The lowest BCUT2D eigenvalue weighted by Crippen LogP contribution is -2.26. The summed E-state index contributed by atoms with van der Waals surface area (Å²) in [6.07, 6.45) is 6.70. The minimum atomic E-state index is 0.534. The van der Waals surface area contributed by atoms with Crippen LogP contribution in [0.3, 0.4) is 0 Å². The summed E-state index contributed by atoms with van der Waals surface area (Å²) in [5.41, 5.74) is 1.39. The van der Waals surface area contributed by atoms with Crippen LogP contribution in [0.15, 0.2) is 16.7 Å². The van der Waals surface area contributed by atoms with E-state index < -0.39 is 0 Å². The van der Waals surface area contributed by atoms with Crippen molar-refractivity contribution in [1.82, 2.24) is 5.32 Å². The van der Waals surface area contributed by atoms with Gasteiger partial charge in [0.25, 0.3) is 0 Å². The average molecular weight is 207 g/mol. The van der Waals surface area contributed by atoms with Crippen molar-refractivity contribution in [3.63, 3.8) is 0 Å². The van der Waals surface area contributed by atoms with Gasteiger partial charge in [0.15, 0.2) is 0 Å². The van der Waals surface area contributed by atoms with E-state index in [-0.39, 0.29) is 0 Å². The highest BCUT2D eigenvalue weighted by Crippen LogP contribution is 2.30. The van der Waals surface area contributed by atoms with E-state index in [2.05, 4.69) is 25.2 Å². The molecule has 0 spiro atoms. The van der Waals surface area contributed by atoms with E-state index in [1.165, 1.54) is 30.6 Å². The van der Waals surface area contributed by atoms with Gasteiger partial charge in [-0.05, 0) is 37.8 Å². The molecule has 0 saturated heterocycles. The third kappa shape index (κ3) is 2.63. The molecule has 84 valence electrons. The molecule has 1 N–H and O–H groups in total. The molecule has 1 aromatic rings. The van der Waals surface area contributed by atoms with E-state index in [4.69, 9.17) is 4.42 Å². The van der Waals surface area contributed by atoms with Crippen LogP contribution < -0.4 is 5.32 Å². The van der Waals surface area contributed by atoms with Crippen LogP contribution in [0.2, 0.25) is 0 Å². The van der Waals surface area contributed by atoms with Crippen molar-refractivity contribution in [3.05, 3.63) is 23.7 Å². The Hall–Kier alpha value is -0.760. The Kier molecular flexibility index (Phi) is 3.47. The molecule has 1 atom stereocenters. The van der Waals surface area contributed by atoms with E-state index in [1.807, 2.05) is 6.26 Å². The highest BCUT2D eigenvalue weighted by atomic mass is 16.3. The summed E-state index contributed by atoms with van der Waals surface area (Å²) < 4.78 is 5.47. The molecule has 2 nitrogen and oxygen atoms in total. The first-order valence-corrected chi connectivity index (χ1v) is 6.07. The zero-order chi connectivity index (χ0) is 10.7. The molecule has 2 rings (SSSR count). The minimum absolute atomic E-state index is 0.534. The summed E-state index contributed by atoms with van der Waals surface area (Å²) >= 11 is 0. The second-order valence-electron chi connectivity index (χ2n) is 4.88. The summed E-state index contributed by atoms with van der Waals surface area (Å²) in [4.78, 5) is 0. The van der Waals surface area contributed by atoms with Crippen LogP contribution in [0.4, 0.5) is 0 Å². The molecule has 0 radical (unpaired) electrons.